The molecule has 1 aliphatic rings. The quantitative estimate of drug-likeness (QED) is 0.934. The zero-order chi connectivity index (χ0) is 15.4. The van der Waals surface area contributed by atoms with Crippen LogP contribution in [0.1, 0.15) is 24.8 Å². The molecular weight excluding hydrogens is 308 g/mol. The van der Waals surface area contributed by atoms with E-state index in [4.69, 9.17) is 0 Å². The first kappa shape index (κ1) is 17.8. The molecule has 1 heterocycles. The Bertz CT molecular complexity index is 651. The molecule has 4 heteroatoms. The Morgan fingerprint density at radius 1 is 1.13 bits per heavy atom. The summed E-state index contributed by atoms with van der Waals surface area (Å²) >= 11 is 0. The van der Waals surface area contributed by atoms with Crippen molar-refractivity contribution in [1.82, 2.24) is 10.2 Å². The summed E-state index contributed by atoms with van der Waals surface area (Å²) in [5, 5.41) is 5.83. The molecular formula is C19H25ClN2O. The van der Waals surface area contributed by atoms with E-state index in [2.05, 4.69) is 35.6 Å². The average Bonchev–Trinajstić information content (AvgIpc) is 2.83. The minimum absolute atomic E-state index is 0. The molecule has 1 saturated heterocycles. The van der Waals surface area contributed by atoms with Crippen molar-refractivity contribution in [1.29, 1.82) is 0 Å². The maximum atomic E-state index is 12.6. The van der Waals surface area contributed by atoms with Crippen LogP contribution < -0.4 is 5.32 Å². The molecule has 3 rings (SSSR count). The predicted octanol–water partition coefficient (Wildman–Crippen LogP) is 3.40. The third-order valence-corrected chi connectivity index (χ3v) is 4.66. The molecule has 0 spiro atoms. The average molecular weight is 333 g/mol. The van der Waals surface area contributed by atoms with Gasteiger partial charge in [-0.1, -0.05) is 42.5 Å². The number of likely N-dealkylation sites (N-methyl/N-ethyl adjacent to an activating group) is 1. The maximum Gasteiger partial charge on any atom is 0.226 e. The van der Waals surface area contributed by atoms with Crippen LogP contribution in [0, 0.1) is 0 Å². The normalized spacial score (nSPS) is 18.0. The highest BCUT2D eigenvalue weighted by Gasteiger charge is 2.21. The van der Waals surface area contributed by atoms with Gasteiger partial charge < -0.3 is 10.2 Å². The summed E-state index contributed by atoms with van der Waals surface area (Å²) in [5.74, 6) is 0.224. The van der Waals surface area contributed by atoms with E-state index >= 15 is 0 Å². The molecule has 1 atom stereocenters. The molecule has 0 aliphatic carbocycles. The van der Waals surface area contributed by atoms with Crippen LogP contribution in [0.25, 0.3) is 10.8 Å². The Kier molecular flexibility index (Phi) is 6.43. The molecule has 1 fully saturated rings. The van der Waals surface area contributed by atoms with Crippen molar-refractivity contribution in [3.63, 3.8) is 0 Å². The van der Waals surface area contributed by atoms with Gasteiger partial charge in [-0.2, -0.15) is 0 Å². The standard InChI is InChI=1S/C19H24N2O.ClH/c1-21(18-7-4-11-20-12-10-18)19(22)14-15-8-9-16-5-2-3-6-17(16)13-15;/h2-3,5-6,8-9,13,18,20H,4,7,10-12,14H2,1H3;1H. The number of carbonyl (C=O) groups is 1. The fourth-order valence-electron chi connectivity index (χ4n) is 3.24. The number of benzene rings is 2. The molecule has 1 unspecified atom stereocenters. The molecule has 124 valence electrons. The minimum atomic E-state index is 0. The van der Waals surface area contributed by atoms with Crippen molar-refractivity contribution in [2.75, 3.05) is 20.1 Å². The van der Waals surface area contributed by atoms with Crippen LogP contribution in [0.3, 0.4) is 0 Å². The minimum Gasteiger partial charge on any atom is -0.342 e. The second-order valence-electron chi connectivity index (χ2n) is 6.20. The van der Waals surface area contributed by atoms with Crippen LogP contribution in [0.5, 0.6) is 0 Å². The number of amides is 1. The van der Waals surface area contributed by atoms with Gasteiger partial charge in [0.1, 0.15) is 0 Å². The maximum absolute atomic E-state index is 12.6. The molecule has 1 N–H and O–H groups in total. The van der Waals surface area contributed by atoms with Gasteiger partial charge in [0.15, 0.2) is 0 Å². The fourth-order valence-corrected chi connectivity index (χ4v) is 3.24. The number of carbonyl (C=O) groups excluding carboxylic acids is 1. The smallest absolute Gasteiger partial charge is 0.226 e. The monoisotopic (exact) mass is 332 g/mol. The zero-order valence-corrected chi connectivity index (χ0v) is 14.4. The van der Waals surface area contributed by atoms with Crippen molar-refractivity contribution in [3.8, 4) is 0 Å². The number of nitrogens with zero attached hydrogens (tertiary/aromatic N) is 1. The second-order valence-corrected chi connectivity index (χ2v) is 6.20. The van der Waals surface area contributed by atoms with Gasteiger partial charge in [0, 0.05) is 13.1 Å². The summed E-state index contributed by atoms with van der Waals surface area (Å²) in [6, 6.07) is 15.0. The van der Waals surface area contributed by atoms with E-state index in [-0.39, 0.29) is 18.3 Å². The molecule has 2 aromatic carbocycles. The largest absolute Gasteiger partial charge is 0.342 e. The Labute approximate surface area is 144 Å². The highest BCUT2D eigenvalue weighted by atomic mass is 35.5. The lowest BCUT2D eigenvalue weighted by Crippen LogP contribution is -2.38. The molecule has 0 aromatic heterocycles. The SMILES string of the molecule is CN(C(=O)Cc1ccc2ccccc2c1)C1CCCNCC1.Cl. The Morgan fingerprint density at radius 3 is 2.74 bits per heavy atom. The Hall–Kier alpha value is -1.58. The van der Waals surface area contributed by atoms with Gasteiger partial charge in [-0.05, 0) is 48.7 Å². The van der Waals surface area contributed by atoms with Gasteiger partial charge in [-0.15, -0.1) is 12.4 Å². The number of nitrogens with one attached hydrogen (secondary N) is 1. The molecule has 0 radical (unpaired) electrons. The lowest BCUT2D eigenvalue weighted by molar-refractivity contribution is -0.131. The first-order chi connectivity index (χ1) is 10.7. The van der Waals surface area contributed by atoms with Crippen LogP contribution in [0.15, 0.2) is 42.5 Å². The lowest BCUT2D eigenvalue weighted by Gasteiger charge is -2.27. The topological polar surface area (TPSA) is 32.3 Å². The number of halogens is 1. The molecule has 3 nitrogen and oxygen atoms in total. The van der Waals surface area contributed by atoms with Gasteiger partial charge in [-0.3, -0.25) is 4.79 Å². The van der Waals surface area contributed by atoms with E-state index in [9.17, 15) is 4.79 Å². The Morgan fingerprint density at radius 2 is 1.91 bits per heavy atom. The highest BCUT2D eigenvalue weighted by Crippen LogP contribution is 2.18. The van der Waals surface area contributed by atoms with Crippen LogP contribution in [0.4, 0.5) is 0 Å². The van der Waals surface area contributed by atoms with Crippen LogP contribution >= 0.6 is 12.4 Å². The van der Waals surface area contributed by atoms with E-state index in [1.807, 2.05) is 24.1 Å². The van der Waals surface area contributed by atoms with Crippen molar-refractivity contribution in [2.24, 2.45) is 0 Å². The molecule has 2 aromatic rings. The molecule has 0 bridgehead atoms. The molecule has 1 amide bonds. The third kappa shape index (κ3) is 4.46. The van der Waals surface area contributed by atoms with Crippen LogP contribution in [-0.4, -0.2) is 37.0 Å². The fraction of sp³-hybridized carbons (Fsp3) is 0.421. The predicted molar refractivity (Wildman–Crippen MR) is 98.2 cm³/mol. The third-order valence-electron chi connectivity index (χ3n) is 4.66. The lowest BCUT2D eigenvalue weighted by atomic mass is 10.0. The van der Waals surface area contributed by atoms with Gasteiger partial charge in [0.05, 0.1) is 6.42 Å². The number of hydrogen-bond donors (Lipinski definition) is 1. The molecule has 23 heavy (non-hydrogen) atoms. The van der Waals surface area contributed by atoms with E-state index in [0.29, 0.717) is 12.5 Å². The van der Waals surface area contributed by atoms with Crippen molar-refractivity contribution in [2.45, 2.75) is 31.7 Å². The van der Waals surface area contributed by atoms with Gasteiger partial charge in [0.25, 0.3) is 0 Å². The zero-order valence-electron chi connectivity index (χ0n) is 13.6. The highest BCUT2D eigenvalue weighted by molar-refractivity contribution is 5.86. The summed E-state index contributed by atoms with van der Waals surface area (Å²) in [6.45, 7) is 2.08. The van der Waals surface area contributed by atoms with E-state index < -0.39 is 0 Å². The first-order valence-electron chi connectivity index (χ1n) is 8.18. The van der Waals surface area contributed by atoms with Crippen molar-refractivity contribution < 1.29 is 4.79 Å². The summed E-state index contributed by atoms with van der Waals surface area (Å²) in [6.07, 6.45) is 3.80. The van der Waals surface area contributed by atoms with E-state index in [1.54, 1.807) is 0 Å². The molecule has 1 aliphatic heterocycles. The van der Waals surface area contributed by atoms with Gasteiger partial charge >= 0.3 is 0 Å². The Balaban J connectivity index is 0.00000192. The van der Waals surface area contributed by atoms with Gasteiger partial charge in [-0.25, -0.2) is 0 Å². The summed E-state index contributed by atoms with van der Waals surface area (Å²) in [7, 11) is 1.96. The summed E-state index contributed by atoms with van der Waals surface area (Å²) < 4.78 is 0. The van der Waals surface area contributed by atoms with Crippen LogP contribution in [-0.2, 0) is 11.2 Å². The number of hydrogen-bond acceptors (Lipinski definition) is 2. The summed E-state index contributed by atoms with van der Waals surface area (Å²) in [4.78, 5) is 14.5. The number of fused-ring (bicyclic) bond motifs is 1. The van der Waals surface area contributed by atoms with Crippen LogP contribution in [0.2, 0.25) is 0 Å². The van der Waals surface area contributed by atoms with Crippen molar-refractivity contribution in [3.05, 3.63) is 48.0 Å². The second kappa shape index (κ2) is 8.32. The first-order valence-corrected chi connectivity index (χ1v) is 8.18. The molecule has 0 saturated carbocycles. The van der Waals surface area contributed by atoms with E-state index in [0.717, 1.165) is 37.9 Å². The summed E-state index contributed by atoms with van der Waals surface area (Å²) in [5.41, 5.74) is 1.10. The van der Waals surface area contributed by atoms with Crippen molar-refractivity contribution >= 4 is 29.1 Å². The number of rotatable bonds is 3. The van der Waals surface area contributed by atoms with E-state index in [1.165, 1.54) is 10.8 Å². The van der Waals surface area contributed by atoms with Gasteiger partial charge in [0.2, 0.25) is 5.91 Å².